The number of nitrogens with two attached hydrogens (primary N) is 1. The van der Waals surface area contributed by atoms with Gasteiger partial charge in [0.15, 0.2) is 0 Å². The molecule has 0 spiro atoms. The molecule has 5 heteroatoms. The van der Waals surface area contributed by atoms with Crippen molar-refractivity contribution in [3.63, 3.8) is 0 Å². The molecule has 0 amide bonds. The zero-order valence-corrected chi connectivity index (χ0v) is 10.5. The second-order valence-corrected chi connectivity index (χ2v) is 5.58. The predicted molar refractivity (Wildman–Crippen MR) is 62.1 cm³/mol. The summed E-state index contributed by atoms with van der Waals surface area (Å²) in [6.45, 7) is 3.52. The number of halogens is 1. The van der Waals surface area contributed by atoms with Crippen molar-refractivity contribution in [1.29, 1.82) is 0 Å². The Kier molecular flexibility index (Phi) is 3.76. The molecule has 0 aromatic carbocycles. The van der Waals surface area contributed by atoms with Gasteiger partial charge in [0.1, 0.15) is 0 Å². The van der Waals surface area contributed by atoms with E-state index in [-0.39, 0.29) is 5.97 Å². The van der Waals surface area contributed by atoms with E-state index >= 15 is 0 Å². The first-order valence-corrected chi connectivity index (χ1v) is 5.68. The van der Waals surface area contributed by atoms with Crippen molar-refractivity contribution in [2.75, 3.05) is 7.11 Å². The fraction of sp³-hybridized carbons (Fsp3) is 0.500. The molecule has 0 aliphatic carbocycles. The van der Waals surface area contributed by atoms with Crippen LogP contribution in [0.1, 0.15) is 24.8 Å². The fourth-order valence-corrected chi connectivity index (χ4v) is 2.49. The van der Waals surface area contributed by atoms with E-state index in [1.165, 1.54) is 18.4 Å². The SMILES string of the molecule is COC(=O)C(C)(C)[C@@H](N)c1ccc(Cl)s1. The molecule has 0 unspecified atom stereocenters. The summed E-state index contributed by atoms with van der Waals surface area (Å²) < 4.78 is 5.38. The molecule has 0 aliphatic rings. The van der Waals surface area contributed by atoms with E-state index in [2.05, 4.69) is 0 Å². The van der Waals surface area contributed by atoms with Crippen LogP contribution in [0.2, 0.25) is 4.34 Å². The lowest BCUT2D eigenvalue weighted by Gasteiger charge is -2.27. The maximum absolute atomic E-state index is 11.5. The first-order chi connectivity index (χ1) is 6.89. The molecule has 15 heavy (non-hydrogen) atoms. The van der Waals surface area contributed by atoms with E-state index in [9.17, 15) is 4.79 Å². The summed E-state index contributed by atoms with van der Waals surface area (Å²) in [6, 6.07) is 3.21. The third-order valence-corrected chi connectivity index (χ3v) is 3.70. The van der Waals surface area contributed by atoms with Crippen LogP contribution in [0.3, 0.4) is 0 Å². The van der Waals surface area contributed by atoms with Crippen LogP contribution < -0.4 is 5.73 Å². The Hall–Kier alpha value is -0.580. The number of esters is 1. The van der Waals surface area contributed by atoms with E-state index in [1.54, 1.807) is 19.9 Å². The highest BCUT2D eigenvalue weighted by Crippen LogP contribution is 2.37. The largest absolute Gasteiger partial charge is 0.469 e. The number of carbonyl (C=O) groups is 1. The zero-order chi connectivity index (χ0) is 11.6. The van der Waals surface area contributed by atoms with Gasteiger partial charge < -0.3 is 10.5 Å². The third-order valence-electron chi connectivity index (χ3n) is 2.39. The standard InChI is InChI=1S/C10H14ClNO2S/c1-10(2,9(13)14-3)8(12)6-4-5-7(11)15-6/h4-5,8H,12H2,1-3H3/t8-/m0/s1. The molecule has 1 heterocycles. The van der Waals surface area contributed by atoms with Gasteiger partial charge >= 0.3 is 5.97 Å². The average molecular weight is 248 g/mol. The first kappa shape index (κ1) is 12.5. The van der Waals surface area contributed by atoms with Gasteiger partial charge in [-0.1, -0.05) is 11.6 Å². The van der Waals surface area contributed by atoms with Crippen LogP contribution >= 0.6 is 22.9 Å². The molecule has 0 fully saturated rings. The van der Waals surface area contributed by atoms with Gasteiger partial charge in [0.25, 0.3) is 0 Å². The van der Waals surface area contributed by atoms with Gasteiger partial charge in [0, 0.05) is 4.88 Å². The Morgan fingerprint density at radius 2 is 2.20 bits per heavy atom. The fourth-order valence-electron chi connectivity index (χ4n) is 1.24. The van der Waals surface area contributed by atoms with Crippen molar-refractivity contribution in [2.45, 2.75) is 19.9 Å². The molecule has 3 nitrogen and oxygen atoms in total. The molecule has 0 saturated carbocycles. The highest BCUT2D eigenvalue weighted by Gasteiger charge is 2.37. The van der Waals surface area contributed by atoms with Gasteiger partial charge in [-0.05, 0) is 26.0 Å². The lowest BCUT2D eigenvalue weighted by atomic mass is 9.84. The summed E-state index contributed by atoms with van der Waals surface area (Å²) in [6.07, 6.45) is 0. The summed E-state index contributed by atoms with van der Waals surface area (Å²) in [4.78, 5) is 12.4. The maximum Gasteiger partial charge on any atom is 0.313 e. The summed E-state index contributed by atoms with van der Waals surface area (Å²) in [5.74, 6) is -0.320. The molecule has 0 radical (unpaired) electrons. The molecule has 1 atom stereocenters. The Balaban J connectivity index is 2.93. The van der Waals surface area contributed by atoms with Crippen LogP contribution in [0, 0.1) is 5.41 Å². The lowest BCUT2D eigenvalue weighted by molar-refractivity contribution is -0.152. The smallest absolute Gasteiger partial charge is 0.313 e. The highest BCUT2D eigenvalue weighted by molar-refractivity contribution is 7.16. The van der Waals surface area contributed by atoms with E-state index < -0.39 is 11.5 Å². The minimum absolute atomic E-state index is 0.320. The van der Waals surface area contributed by atoms with Crippen molar-refractivity contribution in [2.24, 2.45) is 11.1 Å². The molecule has 0 aliphatic heterocycles. The van der Waals surface area contributed by atoms with Gasteiger partial charge in [-0.25, -0.2) is 0 Å². The normalized spacial score (nSPS) is 13.7. The molecule has 84 valence electrons. The van der Waals surface area contributed by atoms with Gasteiger partial charge in [0.05, 0.1) is 22.9 Å². The molecular formula is C10H14ClNO2S. The molecular weight excluding hydrogens is 234 g/mol. The molecule has 1 aromatic heterocycles. The quantitative estimate of drug-likeness (QED) is 0.836. The van der Waals surface area contributed by atoms with E-state index in [0.29, 0.717) is 4.34 Å². The van der Waals surface area contributed by atoms with Crippen LogP contribution in [-0.2, 0) is 9.53 Å². The third kappa shape index (κ3) is 2.51. The number of rotatable bonds is 3. The number of hydrogen-bond donors (Lipinski definition) is 1. The van der Waals surface area contributed by atoms with Crippen LogP contribution in [-0.4, -0.2) is 13.1 Å². The number of hydrogen-bond acceptors (Lipinski definition) is 4. The van der Waals surface area contributed by atoms with Crippen molar-refractivity contribution in [1.82, 2.24) is 0 Å². The van der Waals surface area contributed by atoms with Crippen molar-refractivity contribution in [3.8, 4) is 0 Å². The second kappa shape index (κ2) is 4.51. The van der Waals surface area contributed by atoms with Gasteiger partial charge in [-0.3, -0.25) is 4.79 Å². The van der Waals surface area contributed by atoms with E-state index in [0.717, 1.165) is 4.88 Å². The highest BCUT2D eigenvalue weighted by atomic mass is 35.5. The topological polar surface area (TPSA) is 52.3 Å². The van der Waals surface area contributed by atoms with Gasteiger partial charge in [-0.2, -0.15) is 0 Å². The van der Waals surface area contributed by atoms with Gasteiger partial charge in [0.2, 0.25) is 0 Å². The summed E-state index contributed by atoms with van der Waals surface area (Å²) in [7, 11) is 1.36. The number of methoxy groups -OCH3 is 1. The minimum Gasteiger partial charge on any atom is -0.469 e. The van der Waals surface area contributed by atoms with Crippen molar-refractivity contribution < 1.29 is 9.53 Å². The second-order valence-electron chi connectivity index (χ2n) is 3.83. The predicted octanol–water partition coefficient (Wildman–Crippen LogP) is 2.60. The Labute approximate surface area is 98.2 Å². The summed E-state index contributed by atoms with van der Waals surface area (Å²) in [5.41, 5.74) is 5.27. The Morgan fingerprint density at radius 3 is 2.60 bits per heavy atom. The van der Waals surface area contributed by atoms with Crippen molar-refractivity contribution in [3.05, 3.63) is 21.3 Å². The van der Waals surface area contributed by atoms with Gasteiger partial charge in [-0.15, -0.1) is 11.3 Å². The summed E-state index contributed by atoms with van der Waals surface area (Å²) in [5, 5.41) is 0. The lowest BCUT2D eigenvalue weighted by Crippen LogP contribution is -2.36. The molecule has 0 saturated heterocycles. The van der Waals surface area contributed by atoms with Crippen molar-refractivity contribution >= 4 is 28.9 Å². The Morgan fingerprint density at radius 1 is 1.60 bits per heavy atom. The van der Waals surface area contributed by atoms with Crippen LogP contribution in [0.15, 0.2) is 12.1 Å². The number of thiophene rings is 1. The average Bonchev–Trinajstić information content (AvgIpc) is 2.62. The minimum atomic E-state index is -0.747. The van der Waals surface area contributed by atoms with E-state index in [1.807, 2.05) is 6.07 Å². The molecule has 0 bridgehead atoms. The first-order valence-electron chi connectivity index (χ1n) is 4.49. The molecule has 1 rings (SSSR count). The molecule has 2 N–H and O–H groups in total. The molecule has 1 aromatic rings. The number of carbonyl (C=O) groups excluding carboxylic acids is 1. The zero-order valence-electron chi connectivity index (χ0n) is 8.91. The maximum atomic E-state index is 11.5. The van der Waals surface area contributed by atoms with Crippen LogP contribution in [0.25, 0.3) is 0 Å². The van der Waals surface area contributed by atoms with E-state index in [4.69, 9.17) is 22.1 Å². The van der Waals surface area contributed by atoms with Crippen LogP contribution in [0.5, 0.6) is 0 Å². The Bertz CT molecular complexity index is 362. The van der Waals surface area contributed by atoms with Crippen LogP contribution in [0.4, 0.5) is 0 Å². The number of ether oxygens (including phenoxy) is 1. The summed E-state index contributed by atoms with van der Waals surface area (Å²) >= 11 is 7.20. The monoisotopic (exact) mass is 247 g/mol.